The van der Waals surface area contributed by atoms with E-state index in [1.807, 2.05) is 31.2 Å². The van der Waals surface area contributed by atoms with Gasteiger partial charge in [-0.15, -0.1) is 0 Å². The Morgan fingerprint density at radius 3 is 2.76 bits per heavy atom. The van der Waals surface area contributed by atoms with Crippen molar-refractivity contribution in [2.24, 2.45) is 5.10 Å². The summed E-state index contributed by atoms with van der Waals surface area (Å²) in [6.07, 6.45) is 4.95. The van der Waals surface area contributed by atoms with Crippen LogP contribution in [0.2, 0.25) is 0 Å². The predicted octanol–water partition coefficient (Wildman–Crippen LogP) is 3.32. The summed E-state index contributed by atoms with van der Waals surface area (Å²) in [7, 11) is 0. The molecule has 11 heteroatoms. The average Bonchev–Trinajstić information content (AvgIpc) is 3.29. The molecule has 1 amide bonds. The van der Waals surface area contributed by atoms with Crippen molar-refractivity contribution in [3.05, 3.63) is 64.9 Å². The Bertz CT molecular complexity index is 1340. The van der Waals surface area contributed by atoms with Crippen molar-refractivity contribution in [3.8, 4) is 0 Å². The van der Waals surface area contributed by atoms with Crippen LogP contribution in [0.25, 0.3) is 10.3 Å². The first kappa shape index (κ1) is 21.9. The van der Waals surface area contributed by atoms with Gasteiger partial charge in [0.25, 0.3) is 5.91 Å². The highest BCUT2D eigenvalue weighted by Gasteiger charge is 2.22. The monoisotopic (exact) mass is 474 g/mol. The third kappa shape index (κ3) is 5.00. The molecule has 0 bridgehead atoms. The van der Waals surface area contributed by atoms with E-state index >= 15 is 0 Å². The van der Waals surface area contributed by atoms with E-state index < -0.39 is 0 Å². The van der Waals surface area contributed by atoms with Gasteiger partial charge < -0.3 is 15.0 Å². The Morgan fingerprint density at radius 1 is 1.15 bits per heavy atom. The molecule has 1 saturated heterocycles. The van der Waals surface area contributed by atoms with Crippen LogP contribution in [0.5, 0.6) is 0 Å². The fraction of sp³-hybridized carbons (Fsp3) is 0.217. The molecular weight excluding hydrogens is 452 g/mol. The Morgan fingerprint density at radius 2 is 1.97 bits per heavy atom. The summed E-state index contributed by atoms with van der Waals surface area (Å²) in [4.78, 5) is 33.3. The van der Waals surface area contributed by atoms with Crippen LogP contribution in [0.3, 0.4) is 0 Å². The van der Waals surface area contributed by atoms with Crippen LogP contribution in [-0.4, -0.2) is 58.4 Å². The van der Waals surface area contributed by atoms with Crippen molar-refractivity contribution in [3.63, 3.8) is 0 Å². The van der Waals surface area contributed by atoms with Gasteiger partial charge in [0.1, 0.15) is 5.52 Å². The molecule has 172 valence electrons. The molecule has 3 aromatic heterocycles. The number of hydrogen-bond donors (Lipinski definition) is 2. The SMILES string of the molecule is Cc1cccc(/C=N/Nc2nc(N3CCOCC3)c3nc(C(=O)Nc4ccncc4)sc3n2)c1. The number of carbonyl (C=O) groups excluding carboxylic acids is 1. The van der Waals surface area contributed by atoms with Crippen LogP contribution in [-0.2, 0) is 4.74 Å². The summed E-state index contributed by atoms with van der Waals surface area (Å²) >= 11 is 1.21. The van der Waals surface area contributed by atoms with Crippen molar-refractivity contribution < 1.29 is 9.53 Å². The molecule has 0 radical (unpaired) electrons. The van der Waals surface area contributed by atoms with Gasteiger partial charge in [-0.1, -0.05) is 41.2 Å². The van der Waals surface area contributed by atoms with Gasteiger partial charge in [0.2, 0.25) is 5.95 Å². The van der Waals surface area contributed by atoms with E-state index in [4.69, 9.17) is 4.74 Å². The summed E-state index contributed by atoms with van der Waals surface area (Å²) in [5.74, 6) is 0.678. The van der Waals surface area contributed by atoms with Gasteiger partial charge >= 0.3 is 0 Å². The Kier molecular flexibility index (Phi) is 6.36. The number of thiazole rings is 1. The molecule has 0 atom stereocenters. The first-order valence-electron chi connectivity index (χ1n) is 10.7. The molecule has 2 N–H and O–H groups in total. The summed E-state index contributed by atoms with van der Waals surface area (Å²) in [5, 5.41) is 7.44. The number of anilines is 3. The molecule has 1 aliphatic rings. The van der Waals surface area contributed by atoms with Crippen LogP contribution in [0.4, 0.5) is 17.5 Å². The lowest BCUT2D eigenvalue weighted by atomic mass is 10.2. The van der Waals surface area contributed by atoms with Crippen LogP contribution >= 0.6 is 11.3 Å². The summed E-state index contributed by atoms with van der Waals surface area (Å²) in [6.45, 7) is 4.57. The summed E-state index contributed by atoms with van der Waals surface area (Å²) in [5.41, 5.74) is 6.27. The van der Waals surface area contributed by atoms with E-state index in [-0.39, 0.29) is 5.91 Å². The lowest BCUT2D eigenvalue weighted by Crippen LogP contribution is -2.37. The van der Waals surface area contributed by atoms with Crippen molar-refractivity contribution >= 4 is 51.3 Å². The van der Waals surface area contributed by atoms with E-state index in [2.05, 4.69) is 40.7 Å². The zero-order valence-electron chi connectivity index (χ0n) is 18.4. The third-order valence-electron chi connectivity index (χ3n) is 5.10. The minimum atomic E-state index is -0.311. The maximum Gasteiger partial charge on any atom is 0.284 e. The quantitative estimate of drug-likeness (QED) is 0.323. The van der Waals surface area contributed by atoms with Crippen molar-refractivity contribution in [1.29, 1.82) is 0 Å². The maximum absolute atomic E-state index is 12.8. The number of carbonyl (C=O) groups is 1. The zero-order chi connectivity index (χ0) is 23.3. The van der Waals surface area contributed by atoms with E-state index in [1.54, 1.807) is 30.7 Å². The van der Waals surface area contributed by atoms with Crippen LogP contribution in [0.1, 0.15) is 20.9 Å². The van der Waals surface area contributed by atoms with E-state index in [0.29, 0.717) is 59.1 Å². The van der Waals surface area contributed by atoms with Crippen molar-refractivity contribution in [2.45, 2.75) is 6.92 Å². The largest absolute Gasteiger partial charge is 0.378 e. The van der Waals surface area contributed by atoms with E-state index in [1.165, 1.54) is 11.3 Å². The second-order valence-corrected chi connectivity index (χ2v) is 8.59. The number of nitrogens with one attached hydrogen (secondary N) is 2. The van der Waals surface area contributed by atoms with Crippen LogP contribution < -0.4 is 15.6 Å². The van der Waals surface area contributed by atoms with Crippen LogP contribution in [0, 0.1) is 6.92 Å². The minimum absolute atomic E-state index is 0.302. The summed E-state index contributed by atoms with van der Waals surface area (Å²) in [6, 6.07) is 11.5. The second-order valence-electron chi connectivity index (χ2n) is 7.62. The van der Waals surface area contributed by atoms with Gasteiger partial charge in [0, 0.05) is 31.2 Å². The molecule has 0 spiro atoms. The Balaban J connectivity index is 1.45. The number of hydrazone groups is 1. The first-order valence-corrected chi connectivity index (χ1v) is 11.6. The number of ether oxygens (including phenoxy) is 1. The lowest BCUT2D eigenvalue weighted by Gasteiger charge is -2.27. The number of aryl methyl sites for hydroxylation is 1. The summed E-state index contributed by atoms with van der Waals surface area (Å²) < 4.78 is 5.49. The molecule has 1 aliphatic heterocycles. The van der Waals surface area contributed by atoms with Gasteiger partial charge in [0.15, 0.2) is 15.7 Å². The zero-order valence-corrected chi connectivity index (χ0v) is 19.2. The molecule has 1 aromatic carbocycles. The average molecular weight is 475 g/mol. The number of aromatic nitrogens is 4. The van der Waals surface area contributed by atoms with Crippen molar-refractivity contribution in [1.82, 2.24) is 19.9 Å². The number of nitrogens with zero attached hydrogens (tertiary/aromatic N) is 6. The molecule has 1 fully saturated rings. The molecule has 4 aromatic rings. The fourth-order valence-electron chi connectivity index (χ4n) is 3.49. The first-order chi connectivity index (χ1) is 16.7. The molecule has 4 heterocycles. The van der Waals surface area contributed by atoms with E-state index in [9.17, 15) is 4.79 Å². The number of benzene rings is 1. The fourth-order valence-corrected chi connectivity index (χ4v) is 4.32. The molecular formula is C23H22N8O2S. The lowest BCUT2D eigenvalue weighted by molar-refractivity contribution is 0.102. The maximum atomic E-state index is 12.8. The predicted molar refractivity (Wildman–Crippen MR) is 133 cm³/mol. The Labute approximate surface area is 199 Å². The highest BCUT2D eigenvalue weighted by molar-refractivity contribution is 7.20. The van der Waals surface area contributed by atoms with E-state index in [0.717, 1.165) is 11.1 Å². The number of pyridine rings is 1. The number of morpholine rings is 1. The van der Waals surface area contributed by atoms with Crippen LogP contribution in [0.15, 0.2) is 53.9 Å². The van der Waals surface area contributed by atoms with Gasteiger partial charge in [-0.2, -0.15) is 15.1 Å². The van der Waals surface area contributed by atoms with Gasteiger partial charge in [-0.3, -0.25) is 9.78 Å². The number of rotatable bonds is 6. The Hall–Kier alpha value is -3.96. The highest BCUT2D eigenvalue weighted by atomic mass is 32.1. The molecule has 5 rings (SSSR count). The third-order valence-corrected chi connectivity index (χ3v) is 6.05. The van der Waals surface area contributed by atoms with Gasteiger partial charge in [-0.05, 0) is 24.6 Å². The smallest absolute Gasteiger partial charge is 0.284 e. The molecule has 0 aliphatic carbocycles. The number of hydrogen-bond acceptors (Lipinski definition) is 10. The normalized spacial score (nSPS) is 14.0. The second kappa shape index (κ2) is 9.89. The standard InChI is InChI=1S/C23H22N8O2S/c1-15-3-2-4-16(13-15)14-25-30-23-28-19(31-9-11-33-12-10-31)18-21(29-23)34-22(27-18)20(32)26-17-5-7-24-8-6-17/h2-8,13-14H,9-12H2,1H3,(H,24,26,32)(H,28,29,30)/b25-14+. The molecule has 34 heavy (non-hydrogen) atoms. The molecule has 10 nitrogen and oxygen atoms in total. The number of fused-ring (bicyclic) bond motifs is 1. The van der Waals surface area contributed by atoms with Gasteiger partial charge in [-0.25, -0.2) is 10.4 Å². The minimum Gasteiger partial charge on any atom is -0.378 e. The topological polar surface area (TPSA) is 118 Å². The molecule has 0 saturated carbocycles. The number of amides is 1. The van der Waals surface area contributed by atoms with Crippen molar-refractivity contribution in [2.75, 3.05) is 41.9 Å². The van der Waals surface area contributed by atoms with Gasteiger partial charge in [0.05, 0.1) is 19.4 Å². The highest BCUT2D eigenvalue weighted by Crippen LogP contribution is 2.30. The molecule has 0 unspecified atom stereocenters.